The number of carbonyl (C=O) groups is 6. The molecule has 0 bridgehead atoms. The molecule has 5 aromatic rings. The van der Waals surface area contributed by atoms with Gasteiger partial charge in [0.15, 0.2) is 5.60 Å². The molecule has 0 unspecified atom stereocenters. The Balaban J connectivity index is 0.000000262. The van der Waals surface area contributed by atoms with E-state index in [4.69, 9.17) is 13.9 Å². The van der Waals surface area contributed by atoms with Gasteiger partial charge in [-0.2, -0.15) is 0 Å². The second-order valence-electron chi connectivity index (χ2n) is 16.8. The van der Waals surface area contributed by atoms with Gasteiger partial charge in [-0.3, -0.25) is 29.0 Å². The molecule has 3 aliphatic heterocycles. The molecule has 4 aliphatic rings. The Morgan fingerprint density at radius 3 is 1.64 bits per heavy atom. The zero-order valence-corrected chi connectivity index (χ0v) is 52.5. The summed E-state index contributed by atoms with van der Waals surface area (Å²) in [7, 11) is 0. The number of hydrogen-bond acceptors (Lipinski definition) is 17. The predicted molar refractivity (Wildman–Crippen MR) is 255 cm³/mol. The molecule has 1 spiro atoms. The maximum atomic E-state index is 13.3. The van der Waals surface area contributed by atoms with Crippen LogP contribution in [0.2, 0.25) is 0 Å². The quantitative estimate of drug-likeness (QED) is 0.0324. The standard InChI is InChI=1S/C30H26N2O13.C20H9Br2O5.Hg.2Na.H2O/c33-21-7-23-19(5-15(21)9-31(11-25(35)36)12-26(37)38)30(18-4-2-1-3-17(18)29(43)45-30)20-6-16(22(34)8-24(20)44-23)10-32(13-27(39)40)14-28(41)42;21-13-5-11-17(7-15(13)23)27-18-8-16(24)14(22)6-12(18)19(11)9-3-1-2-4-10(9)20(25)26;;;;/h1-8,33-34H,9-14H2,(H,35,36)(H,37,38)(H,39,40)(H,41,42);1-7,24H,(H,25,26);;;;1H2/q;;3*+1;/p-3. The third-order valence-electron chi connectivity index (χ3n) is 12.0. The van der Waals surface area contributed by atoms with E-state index < -0.39 is 92.6 Å². The van der Waals surface area contributed by atoms with Crippen LogP contribution in [0.25, 0.3) is 33.4 Å². The number of ether oxygens (including phenoxy) is 2. The summed E-state index contributed by atoms with van der Waals surface area (Å²) >= 11 is 3.71. The van der Waals surface area contributed by atoms with Crippen molar-refractivity contribution in [2.75, 3.05) is 26.2 Å². The topological polar surface area (TPSA) is 345 Å². The molecule has 1 aliphatic carbocycles. The van der Waals surface area contributed by atoms with Crippen molar-refractivity contribution in [3.8, 4) is 51.2 Å². The number of nitrogens with zero attached hydrogens (tertiary/aromatic N) is 2. The Morgan fingerprint density at radius 2 is 1.14 bits per heavy atom. The number of carboxylic acids is 5. The number of fused-ring (bicyclic) bond motifs is 8. The second-order valence-corrected chi connectivity index (χ2v) is 22.5. The van der Waals surface area contributed by atoms with Crippen LogP contribution in [0.5, 0.6) is 28.7 Å². The molecule has 0 atom stereocenters. The van der Waals surface area contributed by atoms with Gasteiger partial charge in [0.25, 0.3) is 0 Å². The molecule has 9 rings (SSSR count). The molecule has 7 N–H and O–H groups in total. The summed E-state index contributed by atoms with van der Waals surface area (Å²) in [6, 6.07) is 22.4. The SMILES string of the molecule is O=C(O)CN(CC(=O)O)Cc1cc2c(cc1O)Oc1cc(O)c(CN(CC(=O)O)CC(=O)O)cc1C21OC(=O)c2ccccc21.O=C([O-])c1ccccc1-c1c2cc(Br)c(=O)cc-2oc2[c]([Hg][OH])c([O-])c(Br)cc12.[Na+].[Na+]. The van der Waals surface area contributed by atoms with Gasteiger partial charge in [0, 0.05) is 53.0 Å². The van der Waals surface area contributed by atoms with E-state index >= 15 is 0 Å². The molecule has 0 saturated heterocycles. The average Bonchev–Trinajstić information content (AvgIpc) is 3.61. The molecule has 0 amide bonds. The van der Waals surface area contributed by atoms with Crippen LogP contribution in [-0.4, -0.2) is 105 Å². The average molecular weight is 1370 g/mol. The van der Waals surface area contributed by atoms with Crippen LogP contribution in [0.3, 0.4) is 0 Å². The first kappa shape index (κ1) is 59.8. The first-order valence-corrected chi connectivity index (χ1v) is 28.5. The monoisotopic (exact) mass is 1370 g/mol. The van der Waals surface area contributed by atoms with Gasteiger partial charge < -0.3 is 40.1 Å². The fourth-order valence-electron chi connectivity index (χ4n) is 9.02. The van der Waals surface area contributed by atoms with E-state index in [-0.39, 0.29) is 163 Å². The number of aliphatic carboxylic acids is 4. The van der Waals surface area contributed by atoms with E-state index in [0.29, 0.717) is 27.6 Å². The maximum Gasteiger partial charge on any atom is 1.00 e. The predicted octanol–water partition coefficient (Wildman–Crippen LogP) is -2.24. The number of rotatable bonds is 15. The van der Waals surface area contributed by atoms with Crippen molar-refractivity contribution in [2.45, 2.75) is 18.7 Å². The summed E-state index contributed by atoms with van der Waals surface area (Å²) in [6.45, 7) is -3.27. The summed E-state index contributed by atoms with van der Waals surface area (Å²) in [5.74, 6) is -8.14. The molecule has 0 saturated carbocycles. The van der Waals surface area contributed by atoms with Crippen molar-refractivity contribution < 1.29 is 171 Å². The number of esters is 1. The molecule has 26 heteroatoms. The van der Waals surface area contributed by atoms with Crippen LogP contribution in [0.4, 0.5) is 0 Å². The number of phenolic OH excluding ortho intramolecular Hbond substituents is 2. The summed E-state index contributed by atoms with van der Waals surface area (Å²) in [4.78, 5) is 84.9. The molecule has 3 heterocycles. The molecular weight excluding hydrogens is 1340 g/mol. The number of benzene rings is 6. The van der Waals surface area contributed by atoms with Gasteiger partial charge in [-0.1, -0.05) is 18.2 Å². The van der Waals surface area contributed by atoms with E-state index in [1.54, 1.807) is 48.5 Å². The number of halogens is 2. The van der Waals surface area contributed by atoms with Crippen molar-refractivity contribution in [1.82, 2.24) is 9.80 Å². The van der Waals surface area contributed by atoms with Crippen LogP contribution in [-0.2, 0) is 67.6 Å². The van der Waals surface area contributed by atoms with Crippen LogP contribution in [0, 0.1) is 0 Å². The Hall–Kier alpha value is -5.41. The largest absolute Gasteiger partial charge is 1.00 e. The zero-order valence-electron chi connectivity index (χ0n) is 39.8. The number of carbonyl (C=O) groups excluding carboxylic acids is 2. The third kappa shape index (κ3) is 12.0. The van der Waals surface area contributed by atoms with Gasteiger partial charge in [-0.25, -0.2) is 4.79 Å². The van der Waals surface area contributed by atoms with E-state index in [1.807, 2.05) is 0 Å². The van der Waals surface area contributed by atoms with Gasteiger partial charge in [-0.05, 0) is 18.2 Å². The van der Waals surface area contributed by atoms with Gasteiger partial charge in [0.1, 0.15) is 23.0 Å². The molecule has 0 radical (unpaired) electrons. The van der Waals surface area contributed by atoms with Crippen molar-refractivity contribution in [3.63, 3.8) is 0 Å². The second kappa shape index (κ2) is 24.5. The molecular formula is C50H34Br2HgN2Na2O19. The first-order chi connectivity index (χ1) is 35.1. The van der Waals surface area contributed by atoms with Gasteiger partial charge in [0.05, 0.1) is 31.7 Å². The number of aromatic carboxylic acids is 1. The van der Waals surface area contributed by atoms with Crippen molar-refractivity contribution in [3.05, 3.63) is 149 Å². The number of aromatic hydroxyl groups is 2. The van der Waals surface area contributed by atoms with Gasteiger partial charge in [-0.15, -0.1) is 0 Å². The zero-order chi connectivity index (χ0) is 53.5. The fourth-order valence-corrected chi connectivity index (χ4v) is 13.7. The van der Waals surface area contributed by atoms with Gasteiger partial charge >= 0.3 is 284 Å². The van der Waals surface area contributed by atoms with Crippen LogP contribution in [0.15, 0.2) is 109 Å². The summed E-state index contributed by atoms with van der Waals surface area (Å²) in [5, 5.41) is 83.7. The first-order valence-electron chi connectivity index (χ1n) is 21.7. The Morgan fingerprint density at radius 1 is 0.645 bits per heavy atom. The number of carboxylic acid groups (broad SMARTS) is 5. The summed E-state index contributed by atoms with van der Waals surface area (Å²) in [5.41, 5.74) is 0.503. The molecule has 21 nitrogen and oxygen atoms in total. The summed E-state index contributed by atoms with van der Waals surface area (Å²) < 4.78 is 28.8. The third-order valence-corrected chi connectivity index (χ3v) is 16.9. The van der Waals surface area contributed by atoms with Crippen molar-refractivity contribution >= 4 is 81.7 Å². The molecule has 5 aromatic carbocycles. The molecule has 0 fully saturated rings. The summed E-state index contributed by atoms with van der Waals surface area (Å²) in [6.07, 6.45) is 0. The van der Waals surface area contributed by atoms with Crippen LogP contribution < -0.4 is 82.6 Å². The maximum absolute atomic E-state index is 13.3. The molecule has 376 valence electrons. The minimum absolute atomic E-state index is 0. The van der Waals surface area contributed by atoms with Crippen LogP contribution in [0.1, 0.15) is 48.5 Å². The number of hydrogen-bond donors (Lipinski definition) is 7. The normalized spacial score (nSPS) is 12.5. The minimum Gasteiger partial charge on any atom is 1.00 e. The molecule has 76 heavy (non-hydrogen) atoms. The number of phenols is 2. The molecule has 0 aromatic heterocycles. The Kier molecular flexibility index (Phi) is 19.3. The van der Waals surface area contributed by atoms with E-state index in [2.05, 4.69) is 31.9 Å². The Bertz CT molecular complexity index is 3430. The van der Waals surface area contributed by atoms with E-state index in [1.165, 1.54) is 42.5 Å². The smallest absolute Gasteiger partial charge is 1.00 e. The van der Waals surface area contributed by atoms with Crippen molar-refractivity contribution in [1.29, 1.82) is 0 Å². The van der Waals surface area contributed by atoms with Crippen LogP contribution >= 0.6 is 31.9 Å². The Labute approximate surface area is 502 Å². The van der Waals surface area contributed by atoms with E-state index in [9.17, 15) is 77.4 Å². The van der Waals surface area contributed by atoms with Gasteiger partial charge in [0.2, 0.25) is 0 Å². The van der Waals surface area contributed by atoms with E-state index in [0.717, 1.165) is 9.80 Å². The fraction of sp³-hybridized carbons (Fsp3) is 0.140. The van der Waals surface area contributed by atoms with Crippen molar-refractivity contribution in [2.24, 2.45) is 0 Å². The minimum atomic E-state index is -2.75.